The van der Waals surface area contributed by atoms with Gasteiger partial charge in [-0.2, -0.15) is 5.10 Å². The van der Waals surface area contributed by atoms with E-state index in [-0.39, 0.29) is 0 Å². The van der Waals surface area contributed by atoms with Crippen LogP contribution in [-0.2, 0) is 0 Å². The zero-order valence-corrected chi connectivity index (χ0v) is 15.3. The molecule has 0 unspecified atom stereocenters. The highest BCUT2D eigenvalue weighted by Crippen LogP contribution is 2.46. The molecule has 0 radical (unpaired) electrons. The third-order valence-electron chi connectivity index (χ3n) is 3.74. The summed E-state index contributed by atoms with van der Waals surface area (Å²) in [6.07, 6.45) is 3.67. The maximum atomic E-state index is 5.57. The molecule has 130 valence electrons. The van der Waals surface area contributed by atoms with Crippen molar-refractivity contribution in [3.63, 3.8) is 0 Å². The lowest BCUT2D eigenvalue weighted by Crippen LogP contribution is -2.11. The molecule has 1 aliphatic heterocycles. The lowest BCUT2D eigenvalue weighted by Gasteiger charge is -2.13. The number of ether oxygens (including phenoxy) is 2. The van der Waals surface area contributed by atoms with Crippen LogP contribution >= 0.6 is 11.8 Å². The molecule has 0 fully saturated rings. The number of fused-ring (bicyclic) bond motifs is 1. The largest absolute Gasteiger partial charge is 0.497 e. The fourth-order valence-electron chi connectivity index (χ4n) is 2.43. The summed E-state index contributed by atoms with van der Waals surface area (Å²) in [6, 6.07) is 13.9. The lowest BCUT2D eigenvalue weighted by atomic mass is 10.2. The minimum atomic E-state index is 0.670. The van der Waals surface area contributed by atoms with E-state index in [4.69, 9.17) is 9.47 Å². The van der Waals surface area contributed by atoms with Gasteiger partial charge in [-0.3, -0.25) is 5.43 Å². The van der Waals surface area contributed by atoms with Crippen LogP contribution in [0.3, 0.4) is 0 Å². The molecular weight excluding hydrogens is 334 g/mol. The number of hydrazone groups is 1. The molecule has 5 nitrogen and oxygen atoms in total. The first kappa shape index (κ1) is 17.2. The molecule has 3 rings (SSSR count). The van der Waals surface area contributed by atoms with Crippen molar-refractivity contribution in [2.45, 2.75) is 11.8 Å². The molecule has 25 heavy (non-hydrogen) atoms. The van der Waals surface area contributed by atoms with Gasteiger partial charge < -0.3 is 14.4 Å². The van der Waals surface area contributed by atoms with E-state index in [1.807, 2.05) is 50.5 Å². The van der Waals surface area contributed by atoms with Crippen molar-refractivity contribution in [3.8, 4) is 11.5 Å². The second-order valence-electron chi connectivity index (χ2n) is 5.37. The number of rotatable bonds is 6. The highest BCUT2D eigenvalue weighted by Gasteiger charge is 2.22. The van der Waals surface area contributed by atoms with Crippen molar-refractivity contribution in [3.05, 3.63) is 59.3 Å². The molecule has 0 atom stereocenters. The Kier molecular flexibility index (Phi) is 5.50. The van der Waals surface area contributed by atoms with Crippen LogP contribution in [0.5, 0.6) is 11.5 Å². The lowest BCUT2D eigenvalue weighted by molar-refractivity contribution is 0.339. The Morgan fingerprint density at radius 2 is 1.92 bits per heavy atom. The van der Waals surface area contributed by atoms with Crippen LogP contribution in [0.1, 0.15) is 12.5 Å². The molecule has 0 aromatic heterocycles. The second kappa shape index (κ2) is 7.98. The number of hydrogen-bond donors (Lipinski definition) is 1. The zero-order valence-electron chi connectivity index (χ0n) is 14.5. The number of anilines is 1. The third kappa shape index (κ3) is 4.09. The number of thioether (sulfide) groups is 1. The standard InChI is InChI=1S/C19H21N3O2S/c1-4-24-16-9-10-17-18(11-16)25-19(22(17)2)13-21-20-12-14-5-7-15(23-3)8-6-14/h5-13,21H,4H2,1-3H3/b19-13-,20-12+. The molecule has 1 heterocycles. The van der Waals surface area contributed by atoms with E-state index in [0.29, 0.717) is 6.61 Å². The first-order valence-corrected chi connectivity index (χ1v) is 8.84. The van der Waals surface area contributed by atoms with Crippen LogP contribution in [0.25, 0.3) is 0 Å². The Balaban J connectivity index is 1.63. The minimum absolute atomic E-state index is 0.670. The summed E-state index contributed by atoms with van der Waals surface area (Å²) in [5.74, 6) is 1.73. The van der Waals surface area contributed by atoms with Gasteiger partial charge in [-0.1, -0.05) is 11.8 Å². The number of benzene rings is 2. The average Bonchev–Trinajstić information content (AvgIpc) is 2.95. The zero-order chi connectivity index (χ0) is 17.6. The van der Waals surface area contributed by atoms with Crippen molar-refractivity contribution in [1.29, 1.82) is 0 Å². The number of methoxy groups -OCH3 is 1. The van der Waals surface area contributed by atoms with Gasteiger partial charge in [0.05, 0.1) is 36.8 Å². The van der Waals surface area contributed by atoms with Crippen LogP contribution < -0.4 is 19.8 Å². The fraction of sp³-hybridized carbons (Fsp3) is 0.211. The van der Waals surface area contributed by atoms with Crippen molar-refractivity contribution in [2.24, 2.45) is 5.10 Å². The van der Waals surface area contributed by atoms with Crippen molar-refractivity contribution >= 4 is 23.7 Å². The minimum Gasteiger partial charge on any atom is -0.497 e. The maximum absolute atomic E-state index is 5.57. The predicted molar refractivity (Wildman–Crippen MR) is 104 cm³/mol. The number of nitrogens with one attached hydrogen (secondary N) is 1. The quantitative estimate of drug-likeness (QED) is 0.625. The Morgan fingerprint density at radius 1 is 1.16 bits per heavy atom. The van der Waals surface area contributed by atoms with Gasteiger partial charge >= 0.3 is 0 Å². The smallest absolute Gasteiger partial charge is 0.120 e. The van der Waals surface area contributed by atoms with Gasteiger partial charge in [0.25, 0.3) is 0 Å². The van der Waals surface area contributed by atoms with Gasteiger partial charge in [-0.25, -0.2) is 0 Å². The van der Waals surface area contributed by atoms with E-state index in [1.54, 1.807) is 25.1 Å². The Bertz CT molecular complexity index is 788. The predicted octanol–water partition coefficient (Wildman–Crippen LogP) is 4.06. The third-order valence-corrected chi connectivity index (χ3v) is 4.89. The molecule has 0 aliphatic carbocycles. The first-order chi connectivity index (χ1) is 12.2. The van der Waals surface area contributed by atoms with E-state index in [1.165, 1.54) is 10.6 Å². The van der Waals surface area contributed by atoms with Crippen LogP contribution in [0.15, 0.2) is 63.7 Å². The van der Waals surface area contributed by atoms with Crippen LogP contribution in [-0.4, -0.2) is 27.0 Å². The molecule has 0 amide bonds. The van der Waals surface area contributed by atoms with Gasteiger partial charge in [0, 0.05) is 11.9 Å². The second-order valence-corrected chi connectivity index (χ2v) is 6.43. The summed E-state index contributed by atoms with van der Waals surface area (Å²) < 4.78 is 10.7. The van der Waals surface area contributed by atoms with Crippen molar-refractivity contribution < 1.29 is 9.47 Å². The monoisotopic (exact) mass is 355 g/mol. The average molecular weight is 355 g/mol. The van der Waals surface area contributed by atoms with E-state index in [2.05, 4.69) is 27.6 Å². The van der Waals surface area contributed by atoms with Crippen molar-refractivity contribution in [1.82, 2.24) is 5.43 Å². The van der Waals surface area contributed by atoms with Gasteiger partial charge in [-0.15, -0.1) is 0 Å². The summed E-state index contributed by atoms with van der Waals surface area (Å²) >= 11 is 1.69. The normalized spacial score (nSPS) is 14.8. The molecule has 0 saturated heterocycles. The molecule has 2 aromatic rings. The summed E-state index contributed by atoms with van der Waals surface area (Å²) in [6.45, 7) is 2.66. The molecule has 2 aromatic carbocycles. The maximum Gasteiger partial charge on any atom is 0.120 e. The van der Waals surface area contributed by atoms with E-state index in [0.717, 1.165) is 22.1 Å². The van der Waals surface area contributed by atoms with Crippen LogP contribution in [0.4, 0.5) is 5.69 Å². The first-order valence-electron chi connectivity index (χ1n) is 8.02. The summed E-state index contributed by atoms with van der Waals surface area (Å²) in [4.78, 5) is 3.31. The highest BCUT2D eigenvalue weighted by atomic mass is 32.2. The Hall–Kier alpha value is -2.60. The van der Waals surface area contributed by atoms with Gasteiger partial charge in [0.1, 0.15) is 11.5 Å². The SMILES string of the molecule is CCOc1ccc2c(c1)S/C(=C\N/N=C/c1ccc(OC)cc1)N2C. The van der Waals surface area contributed by atoms with Gasteiger partial charge in [0.2, 0.25) is 0 Å². The van der Waals surface area contributed by atoms with E-state index < -0.39 is 0 Å². The Morgan fingerprint density at radius 3 is 2.64 bits per heavy atom. The molecular formula is C19H21N3O2S. The van der Waals surface area contributed by atoms with E-state index >= 15 is 0 Å². The number of nitrogens with zero attached hydrogens (tertiary/aromatic N) is 2. The molecule has 0 spiro atoms. The fourth-order valence-corrected chi connectivity index (χ4v) is 3.49. The van der Waals surface area contributed by atoms with E-state index in [9.17, 15) is 0 Å². The summed E-state index contributed by atoms with van der Waals surface area (Å²) in [5.41, 5.74) is 5.16. The Labute approximate surface area is 152 Å². The molecule has 1 N–H and O–H groups in total. The van der Waals surface area contributed by atoms with Crippen LogP contribution in [0.2, 0.25) is 0 Å². The highest BCUT2D eigenvalue weighted by molar-refractivity contribution is 8.03. The summed E-state index contributed by atoms with van der Waals surface area (Å²) in [5, 5.41) is 5.33. The van der Waals surface area contributed by atoms with Gasteiger partial charge in [-0.05, 0) is 55.0 Å². The van der Waals surface area contributed by atoms with Gasteiger partial charge in [0.15, 0.2) is 0 Å². The molecule has 0 saturated carbocycles. The number of hydrogen-bond acceptors (Lipinski definition) is 6. The molecule has 1 aliphatic rings. The van der Waals surface area contributed by atoms with Crippen molar-refractivity contribution in [2.75, 3.05) is 25.7 Å². The topological polar surface area (TPSA) is 46.1 Å². The molecule has 0 bridgehead atoms. The van der Waals surface area contributed by atoms with Crippen LogP contribution in [0, 0.1) is 0 Å². The molecule has 6 heteroatoms. The summed E-state index contributed by atoms with van der Waals surface area (Å²) in [7, 11) is 3.70.